The zero-order valence-electron chi connectivity index (χ0n) is 8.79. The fraction of sp³-hybridized carbons (Fsp3) is 0.333. The standard InChI is InChI=1S/C12H17NO/c1-10-6-5-7-12(11(10)2)14-9-4-3-8-13/h3-7H,8-9,13H2,1-2H3. The molecule has 0 saturated heterocycles. The van der Waals surface area contributed by atoms with Crippen LogP contribution in [0.3, 0.4) is 0 Å². The maximum absolute atomic E-state index is 5.58. The molecule has 0 bridgehead atoms. The second-order valence-corrected chi connectivity index (χ2v) is 3.22. The fourth-order valence-corrected chi connectivity index (χ4v) is 1.18. The van der Waals surface area contributed by atoms with Crippen molar-refractivity contribution in [3.05, 3.63) is 41.5 Å². The number of benzene rings is 1. The molecule has 0 saturated carbocycles. The fourth-order valence-electron chi connectivity index (χ4n) is 1.18. The summed E-state index contributed by atoms with van der Waals surface area (Å²) >= 11 is 0. The number of rotatable bonds is 4. The highest BCUT2D eigenvalue weighted by atomic mass is 16.5. The minimum absolute atomic E-state index is 0.566. The summed E-state index contributed by atoms with van der Waals surface area (Å²) in [5.41, 5.74) is 7.78. The molecule has 0 aromatic heterocycles. The Bertz CT molecular complexity index is 318. The Balaban J connectivity index is 2.59. The summed E-state index contributed by atoms with van der Waals surface area (Å²) in [7, 11) is 0. The highest BCUT2D eigenvalue weighted by molar-refractivity contribution is 5.38. The Hall–Kier alpha value is -1.28. The zero-order valence-corrected chi connectivity index (χ0v) is 8.79. The van der Waals surface area contributed by atoms with Gasteiger partial charge in [0.05, 0.1) is 0 Å². The lowest BCUT2D eigenvalue weighted by Crippen LogP contribution is -1.98. The van der Waals surface area contributed by atoms with Crippen LogP contribution in [0.4, 0.5) is 0 Å². The van der Waals surface area contributed by atoms with Gasteiger partial charge in [-0.3, -0.25) is 0 Å². The van der Waals surface area contributed by atoms with Gasteiger partial charge in [0.25, 0.3) is 0 Å². The van der Waals surface area contributed by atoms with E-state index in [0.717, 1.165) is 5.75 Å². The van der Waals surface area contributed by atoms with E-state index in [1.807, 2.05) is 24.3 Å². The van der Waals surface area contributed by atoms with Crippen LogP contribution >= 0.6 is 0 Å². The number of ether oxygens (including phenoxy) is 1. The van der Waals surface area contributed by atoms with Crippen molar-refractivity contribution in [3.63, 3.8) is 0 Å². The van der Waals surface area contributed by atoms with Gasteiger partial charge >= 0.3 is 0 Å². The van der Waals surface area contributed by atoms with Crippen LogP contribution in [0.1, 0.15) is 11.1 Å². The molecule has 0 fully saturated rings. The molecule has 2 heteroatoms. The van der Waals surface area contributed by atoms with Gasteiger partial charge in [-0.05, 0) is 31.0 Å². The molecule has 0 spiro atoms. The highest BCUT2D eigenvalue weighted by Crippen LogP contribution is 2.20. The lowest BCUT2D eigenvalue weighted by molar-refractivity contribution is 0.360. The minimum Gasteiger partial charge on any atom is -0.489 e. The number of aryl methyl sites for hydroxylation is 1. The summed E-state index contributed by atoms with van der Waals surface area (Å²) in [6.07, 6.45) is 3.83. The molecule has 2 N–H and O–H groups in total. The molecular weight excluding hydrogens is 174 g/mol. The molecular formula is C12H17NO. The first-order chi connectivity index (χ1) is 6.75. The summed E-state index contributed by atoms with van der Waals surface area (Å²) < 4.78 is 5.58. The van der Waals surface area contributed by atoms with Gasteiger partial charge < -0.3 is 10.5 Å². The lowest BCUT2D eigenvalue weighted by Gasteiger charge is -2.08. The SMILES string of the molecule is Cc1cccc(OCC=CCN)c1C. The Morgan fingerprint density at radius 1 is 1.29 bits per heavy atom. The molecule has 14 heavy (non-hydrogen) atoms. The monoisotopic (exact) mass is 191 g/mol. The topological polar surface area (TPSA) is 35.2 Å². The third-order valence-electron chi connectivity index (χ3n) is 2.19. The van der Waals surface area contributed by atoms with Crippen LogP contribution in [-0.2, 0) is 0 Å². The molecule has 0 atom stereocenters. The Morgan fingerprint density at radius 2 is 2.07 bits per heavy atom. The van der Waals surface area contributed by atoms with E-state index in [1.54, 1.807) is 0 Å². The molecule has 0 aliphatic rings. The average molecular weight is 191 g/mol. The van der Waals surface area contributed by atoms with Crippen molar-refractivity contribution in [1.82, 2.24) is 0 Å². The summed E-state index contributed by atoms with van der Waals surface area (Å²) in [4.78, 5) is 0. The van der Waals surface area contributed by atoms with Crippen molar-refractivity contribution in [3.8, 4) is 5.75 Å². The van der Waals surface area contributed by atoms with Gasteiger partial charge in [-0.1, -0.05) is 24.3 Å². The summed E-state index contributed by atoms with van der Waals surface area (Å²) in [6.45, 7) is 5.30. The van der Waals surface area contributed by atoms with Crippen LogP contribution in [0, 0.1) is 13.8 Å². The number of hydrogen-bond acceptors (Lipinski definition) is 2. The van der Waals surface area contributed by atoms with E-state index in [0.29, 0.717) is 13.2 Å². The van der Waals surface area contributed by atoms with Gasteiger partial charge in [-0.15, -0.1) is 0 Å². The third-order valence-corrected chi connectivity index (χ3v) is 2.19. The van der Waals surface area contributed by atoms with E-state index < -0.39 is 0 Å². The van der Waals surface area contributed by atoms with Crippen LogP contribution in [0.2, 0.25) is 0 Å². The van der Waals surface area contributed by atoms with E-state index in [2.05, 4.69) is 19.9 Å². The van der Waals surface area contributed by atoms with Crippen molar-refractivity contribution < 1.29 is 4.74 Å². The first-order valence-corrected chi connectivity index (χ1v) is 4.79. The van der Waals surface area contributed by atoms with Crippen molar-refractivity contribution in [2.45, 2.75) is 13.8 Å². The Kier molecular flexibility index (Phi) is 4.20. The molecule has 1 aromatic rings. The highest BCUT2D eigenvalue weighted by Gasteiger charge is 1.99. The summed E-state index contributed by atoms with van der Waals surface area (Å²) in [5.74, 6) is 0.951. The van der Waals surface area contributed by atoms with Gasteiger partial charge in [-0.2, -0.15) is 0 Å². The zero-order chi connectivity index (χ0) is 10.4. The maximum Gasteiger partial charge on any atom is 0.122 e. The van der Waals surface area contributed by atoms with E-state index in [1.165, 1.54) is 11.1 Å². The van der Waals surface area contributed by atoms with Crippen molar-refractivity contribution in [2.24, 2.45) is 5.73 Å². The van der Waals surface area contributed by atoms with Crippen molar-refractivity contribution >= 4 is 0 Å². The predicted octanol–water partition coefficient (Wildman–Crippen LogP) is 2.20. The number of hydrogen-bond donors (Lipinski definition) is 1. The molecule has 76 valence electrons. The van der Waals surface area contributed by atoms with Crippen molar-refractivity contribution in [1.29, 1.82) is 0 Å². The largest absolute Gasteiger partial charge is 0.489 e. The quantitative estimate of drug-likeness (QED) is 0.740. The van der Waals surface area contributed by atoms with E-state index in [-0.39, 0.29) is 0 Å². The van der Waals surface area contributed by atoms with Gasteiger partial charge in [0.15, 0.2) is 0 Å². The normalized spacial score (nSPS) is 10.8. The predicted molar refractivity (Wildman–Crippen MR) is 59.6 cm³/mol. The first kappa shape index (κ1) is 10.8. The van der Waals surface area contributed by atoms with E-state index in [4.69, 9.17) is 10.5 Å². The molecule has 0 heterocycles. The first-order valence-electron chi connectivity index (χ1n) is 4.79. The van der Waals surface area contributed by atoms with E-state index >= 15 is 0 Å². The van der Waals surface area contributed by atoms with Crippen molar-refractivity contribution in [2.75, 3.05) is 13.2 Å². The van der Waals surface area contributed by atoms with E-state index in [9.17, 15) is 0 Å². The molecule has 1 aromatic carbocycles. The minimum atomic E-state index is 0.566. The molecule has 0 aliphatic heterocycles. The molecule has 0 aliphatic carbocycles. The van der Waals surface area contributed by atoms with Crippen LogP contribution in [-0.4, -0.2) is 13.2 Å². The van der Waals surface area contributed by atoms with Gasteiger partial charge in [-0.25, -0.2) is 0 Å². The number of nitrogens with two attached hydrogens (primary N) is 1. The molecule has 1 rings (SSSR count). The second kappa shape index (κ2) is 5.45. The smallest absolute Gasteiger partial charge is 0.122 e. The van der Waals surface area contributed by atoms with Gasteiger partial charge in [0, 0.05) is 6.54 Å². The van der Waals surface area contributed by atoms with Gasteiger partial charge in [0.1, 0.15) is 12.4 Å². The Morgan fingerprint density at radius 3 is 2.79 bits per heavy atom. The summed E-state index contributed by atoms with van der Waals surface area (Å²) in [6, 6.07) is 6.07. The van der Waals surface area contributed by atoms with Crippen LogP contribution in [0.5, 0.6) is 5.75 Å². The molecule has 0 unspecified atom stereocenters. The molecule has 2 nitrogen and oxygen atoms in total. The van der Waals surface area contributed by atoms with Crippen LogP contribution < -0.4 is 10.5 Å². The summed E-state index contributed by atoms with van der Waals surface area (Å²) in [5, 5.41) is 0. The third kappa shape index (κ3) is 2.89. The maximum atomic E-state index is 5.58. The van der Waals surface area contributed by atoms with Crippen LogP contribution in [0.15, 0.2) is 30.4 Å². The second-order valence-electron chi connectivity index (χ2n) is 3.22. The Labute approximate surface area is 85.4 Å². The lowest BCUT2D eigenvalue weighted by atomic mass is 10.1. The molecule has 0 amide bonds. The van der Waals surface area contributed by atoms with Crippen LogP contribution in [0.25, 0.3) is 0 Å². The molecule has 0 radical (unpaired) electrons. The average Bonchev–Trinajstić information content (AvgIpc) is 2.19. The van der Waals surface area contributed by atoms with Gasteiger partial charge in [0.2, 0.25) is 0 Å².